The molecule has 3 heterocycles. The first-order valence-electron chi connectivity index (χ1n) is 8.23. The van der Waals surface area contributed by atoms with Crippen LogP contribution in [0.15, 0.2) is 36.7 Å². The molecule has 25 heavy (non-hydrogen) atoms. The minimum Gasteiger partial charge on any atom is -0.481 e. The zero-order valence-corrected chi connectivity index (χ0v) is 14.1. The van der Waals surface area contributed by atoms with Crippen LogP contribution in [0.5, 0.6) is 11.8 Å². The van der Waals surface area contributed by atoms with Gasteiger partial charge >= 0.3 is 0 Å². The molecule has 1 aliphatic heterocycles. The molecule has 1 amide bonds. The summed E-state index contributed by atoms with van der Waals surface area (Å²) in [5.74, 6) is 0.754. The second kappa shape index (κ2) is 8.43. The Morgan fingerprint density at radius 3 is 2.92 bits per heavy atom. The van der Waals surface area contributed by atoms with Gasteiger partial charge in [0.05, 0.1) is 20.3 Å². The Balaban J connectivity index is 1.61. The van der Waals surface area contributed by atoms with Crippen molar-refractivity contribution in [3.63, 3.8) is 0 Å². The van der Waals surface area contributed by atoms with Crippen molar-refractivity contribution in [2.24, 2.45) is 0 Å². The Morgan fingerprint density at radius 1 is 1.28 bits per heavy atom. The van der Waals surface area contributed by atoms with Crippen molar-refractivity contribution < 1.29 is 19.0 Å². The van der Waals surface area contributed by atoms with E-state index in [1.165, 1.54) is 0 Å². The highest BCUT2D eigenvalue weighted by Gasteiger charge is 2.17. The number of ether oxygens (including phenoxy) is 3. The predicted octanol–water partition coefficient (Wildman–Crippen LogP) is 1.97. The number of pyridine rings is 2. The number of methoxy groups -OCH3 is 1. The molecular weight excluding hydrogens is 322 g/mol. The van der Waals surface area contributed by atoms with Gasteiger partial charge in [-0.25, -0.2) is 9.97 Å². The molecule has 2 aromatic rings. The molecule has 0 radical (unpaired) electrons. The van der Waals surface area contributed by atoms with Crippen LogP contribution in [-0.4, -0.2) is 42.3 Å². The standard InChI is InChI=1S/C18H21N3O4/c1-23-18-14(3-2-7-20-18)12-21-17(22)13-4-8-19-16(11-13)25-15-5-9-24-10-6-15/h2-4,7-8,11,15H,5-6,9-10,12H2,1H3,(H,21,22). The third-order valence-corrected chi connectivity index (χ3v) is 3.94. The molecule has 2 aromatic heterocycles. The molecule has 0 spiro atoms. The Hall–Kier alpha value is -2.67. The van der Waals surface area contributed by atoms with Crippen molar-refractivity contribution in [3.8, 4) is 11.8 Å². The second-order valence-corrected chi connectivity index (χ2v) is 5.67. The van der Waals surface area contributed by atoms with Gasteiger partial charge in [-0.2, -0.15) is 0 Å². The molecule has 3 rings (SSSR count). The zero-order chi connectivity index (χ0) is 17.5. The average molecular weight is 343 g/mol. The van der Waals surface area contributed by atoms with Gasteiger partial charge in [-0.3, -0.25) is 4.79 Å². The Bertz CT molecular complexity index is 717. The SMILES string of the molecule is COc1ncccc1CNC(=O)c1ccnc(OC2CCOCC2)c1. The van der Waals surface area contributed by atoms with Crippen molar-refractivity contribution >= 4 is 5.91 Å². The Labute approximate surface area is 146 Å². The summed E-state index contributed by atoms with van der Waals surface area (Å²) in [4.78, 5) is 20.7. The molecule has 0 saturated carbocycles. The van der Waals surface area contributed by atoms with Gasteiger partial charge < -0.3 is 19.5 Å². The molecule has 7 nitrogen and oxygen atoms in total. The fourth-order valence-corrected chi connectivity index (χ4v) is 2.60. The molecular formula is C18H21N3O4. The first-order chi connectivity index (χ1) is 12.3. The fourth-order valence-electron chi connectivity index (χ4n) is 2.60. The lowest BCUT2D eigenvalue weighted by Gasteiger charge is -2.22. The van der Waals surface area contributed by atoms with Gasteiger partial charge in [-0.1, -0.05) is 6.07 Å². The summed E-state index contributed by atoms with van der Waals surface area (Å²) in [5, 5.41) is 2.86. The number of aromatic nitrogens is 2. The van der Waals surface area contributed by atoms with Gasteiger partial charge in [0, 0.05) is 49.0 Å². The number of hydrogen-bond donors (Lipinski definition) is 1. The number of hydrogen-bond acceptors (Lipinski definition) is 6. The lowest BCUT2D eigenvalue weighted by atomic mass is 10.1. The van der Waals surface area contributed by atoms with Gasteiger partial charge in [0.25, 0.3) is 5.91 Å². The minimum absolute atomic E-state index is 0.0826. The van der Waals surface area contributed by atoms with E-state index in [2.05, 4.69) is 15.3 Å². The van der Waals surface area contributed by atoms with Crippen molar-refractivity contribution in [1.82, 2.24) is 15.3 Å². The largest absolute Gasteiger partial charge is 0.481 e. The molecule has 1 fully saturated rings. The van der Waals surface area contributed by atoms with E-state index in [9.17, 15) is 4.79 Å². The van der Waals surface area contributed by atoms with Gasteiger partial charge in [0.1, 0.15) is 6.10 Å². The molecule has 1 aliphatic rings. The number of carbonyl (C=O) groups excluding carboxylic acids is 1. The maximum Gasteiger partial charge on any atom is 0.251 e. The molecule has 7 heteroatoms. The van der Waals surface area contributed by atoms with Crippen LogP contribution in [0, 0.1) is 0 Å². The highest BCUT2D eigenvalue weighted by atomic mass is 16.5. The molecule has 132 valence electrons. The van der Waals surface area contributed by atoms with E-state index in [-0.39, 0.29) is 12.0 Å². The van der Waals surface area contributed by atoms with Crippen LogP contribution in [0.2, 0.25) is 0 Å². The smallest absolute Gasteiger partial charge is 0.251 e. The number of amides is 1. The fraction of sp³-hybridized carbons (Fsp3) is 0.389. The molecule has 1 saturated heterocycles. The number of nitrogens with one attached hydrogen (secondary N) is 1. The molecule has 0 atom stereocenters. The van der Waals surface area contributed by atoms with E-state index < -0.39 is 0 Å². The molecule has 0 bridgehead atoms. The normalized spacial score (nSPS) is 14.8. The van der Waals surface area contributed by atoms with E-state index >= 15 is 0 Å². The van der Waals surface area contributed by atoms with Gasteiger partial charge in [0.2, 0.25) is 11.8 Å². The van der Waals surface area contributed by atoms with Gasteiger partial charge in [0.15, 0.2) is 0 Å². The lowest BCUT2D eigenvalue weighted by molar-refractivity contribution is 0.0237. The van der Waals surface area contributed by atoms with Crippen LogP contribution in [0.1, 0.15) is 28.8 Å². The maximum absolute atomic E-state index is 12.4. The Kier molecular flexibility index (Phi) is 5.79. The summed E-state index contributed by atoms with van der Waals surface area (Å²) < 4.78 is 16.3. The van der Waals surface area contributed by atoms with Crippen LogP contribution >= 0.6 is 0 Å². The van der Waals surface area contributed by atoms with Crippen molar-refractivity contribution in [2.45, 2.75) is 25.5 Å². The van der Waals surface area contributed by atoms with E-state index in [0.717, 1.165) is 18.4 Å². The van der Waals surface area contributed by atoms with Gasteiger partial charge in [-0.05, 0) is 12.1 Å². The van der Waals surface area contributed by atoms with E-state index in [1.807, 2.05) is 6.07 Å². The average Bonchev–Trinajstić information content (AvgIpc) is 2.67. The second-order valence-electron chi connectivity index (χ2n) is 5.67. The quantitative estimate of drug-likeness (QED) is 0.863. The first-order valence-corrected chi connectivity index (χ1v) is 8.23. The molecule has 0 aliphatic carbocycles. The summed E-state index contributed by atoms with van der Waals surface area (Å²) >= 11 is 0. The molecule has 1 N–H and O–H groups in total. The van der Waals surface area contributed by atoms with Gasteiger partial charge in [-0.15, -0.1) is 0 Å². The first kappa shape index (κ1) is 17.2. The minimum atomic E-state index is -0.204. The van der Waals surface area contributed by atoms with Crippen LogP contribution < -0.4 is 14.8 Å². The van der Waals surface area contributed by atoms with E-state index in [0.29, 0.717) is 37.1 Å². The van der Waals surface area contributed by atoms with Crippen LogP contribution in [0.3, 0.4) is 0 Å². The summed E-state index contributed by atoms with van der Waals surface area (Å²) in [6.45, 7) is 1.71. The zero-order valence-electron chi connectivity index (χ0n) is 14.1. The Morgan fingerprint density at radius 2 is 2.12 bits per heavy atom. The highest BCUT2D eigenvalue weighted by Crippen LogP contribution is 2.17. The number of nitrogens with zero attached hydrogens (tertiary/aromatic N) is 2. The number of rotatable bonds is 6. The van der Waals surface area contributed by atoms with E-state index in [4.69, 9.17) is 14.2 Å². The molecule has 0 aromatic carbocycles. The van der Waals surface area contributed by atoms with Crippen molar-refractivity contribution in [2.75, 3.05) is 20.3 Å². The lowest BCUT2D eigenvalue weighted by Crippen LogP contribution is -2.26. The highest BCUT2D eigenvalue weighted by molar-refractivity contribution is 5.94. The molecule has 0 unspecified atom stereocenters. The van der Waals surface area contributed by atoms with Crippen LogP contribution in [0.25, 0.3) is 0 Å². The van der Waals surface area contributed by atoms with Crippen LogP contribution in [0.4, 0.5) is 0 Å². The summed E-state index contributed by atoms with van der Waals surface area (Å²) in [6, 6.07) is 6.98. The van der Waals surface area contributed by atoms with Crippen molar-refractivity contribution in [1.29, 1.82) is 0 Å². The van der Waals surface area contributed by atoms with Crippen molar-refractivity contribution in [3.05, 3.63) is 47.8 Å². The van der Waals surface area contributed by atoms with Crippen LogP contribution in [-0.2, 0) is 11.3 Å². The third kappa shape index (κ3) is 4.67. The summed E-state index contributed by atoms with van der Waals surface area (Å²) in [5.41, 5.74) is 1.31. The third-order valence-electron chi connectivity index (χ3n) is 3.94. The topological polar surface area (TPSA) is 82.6 Å². The van der Waals surface area contributed by atoms with E-state index in [1.54, 1.807) is 37.7 Å². The number of carbonyl (C=O) groups is 1. The maximum atomic E-state index is 12.4. The monoisotopic (exact) mass is 343 g/mol. The predicted molar refractivity (Wildman–Crippen MR) is 90.7 cm³/mol. The summed E-state index contributed by atoms with van der Waals surface area (Å²) in [6.07, 6.45) is 4.97. The summed E-state index contributed by atoms with van der Waals surface area (Å²) in [7, 11) is 1.55.